The number of nitrogens with zero attached hydrogens (tertiary/aromatic N) is 1. The normalized spacial score (nSPS) is 19.1. The Morgan fingerprint density at radius 2 is 1.73 bits per heavy atom. The fourth-order valence-electron chi connectivity index (χ4n) is 2.40. The van der Waals surface area contributed by atoms with Gasteiger partial charge in [0.15, 0.2) is 5.01 Å². The predicted molar refractivity (Wildman–Crippen MR) is 89.7 cm³/mol. The lowest BCUT2D eigenvalue weighted by Crippen LogP contribution is -2.35. The number of carbonyl (C=O) groups is 2. The number of aromatic nitrogens is 1. The Morgan fingerprint density at radius 1 is 1.19 bits per heavy atom. The van der Waals surface area contributed by atoms with E-state index in [1.807, 2.05) is 30.3 Å². The molecule has 1 aromatic carbocycles. The first-order chi connectivity index (χ1) is 12.1. The SMILES string of the molecule is NC(=O)c1nc(C2CC(N)C2)c(-c2ccccc2)s1.O=C(O)C(F)(F)F. The maximum absolute atomic E-state index is 11.3. The first kappa shape index (κ1) is 19.9. The minimum atomic E-state index is -5.08. The number of carboxylic acid groups (broad SMARTS) is 1. The van der Waals surface area contributed by atoms with E-state index in [1.165, 1.54) is 11.3 Å². The minimum Gasteiger partial charge on any atom is -0.475 e. The molecule has 0 saturated heterocycles. The zero-order chi connectivity index (χ0) is 19.5. The van der Waals surface area contributed by atoms with E-state index in [0.717, 1.165) is 29.0 Å². The van der Waals surface area contributed by atoms with Gasteiger partial charge in [-0.05, 0) is 18.4 Å². The van der Waals surface area contributed by atoms with Crippen LogP contribution in [0.5, 0.6) is 0 Å². The summed E-state index contributed by atoms with van der Waals surface area (Å²) in [6.07, 6.45) is -3.22. The van der Waals surface area contributed by atoms with Gasteiger partial charge in [-0.3, -0.25) is 4.79 Å². The van der Waals surface area contributed by atoms with Gasteiger partial charge in [0.05, 0.1) is 10.6 Å². The fourth-order valence-corrected chi connectivity index (χ4v) is 3.40. The van der Waals surface area contributed by atoms with E-state index in [-0.39, 0.29) is 6.04 Å². The molecule has 26 heavy (non-hydrogen) atoms. The average molecular weight is 387 g/mol. The Labute approximate surface area is 150 Å². The highest BCUT2D eigenvalue weighted by atomic mass is 32.1. The smallest absolute Gasteiger partial charge is 0.475 e. The standard InChI is InChI=1S/C14H15N3OS.C2HF3O2/c15-10-6-9(7-10)11-12(8-4-2-1-3-5-8)19-14(17-11)13(16)18;3-2(4,5)1(6)7/h1-5,9-10H,6-7,15H2,(H2,16,18);(H,6,7). The van der Waals surface area contributed by atoms with Crippen molar-refractivity contribution in [2.45, 2.75) is 31.0 Å². The van der Waals surface area contributed by atoms with Crippen molar-refractivity contribution < 1.29 is 27.9 Å². The maximum Gasteiger partial charge on any atom is 0.490 e. The first-order valence-electron chi connectivity index (χ1n) is 7.51. The van der Waals surface area contributed by atoms with E-state index < -0.39 is 18.1 Å². The van der Waals surface area contributed by atoms with Crippen molar-refractivity contribution in [3.8, 4) is 10.4 Å². The summed E-state index contributed by atoms with van der Waals surface area (Å²) in [5, 5.41) is 7.51. The van der Waals surface area contributed by atoms with Crippen LogP contribution in [0.25, 0.3) is 10.4 Å². The van der Waals surface area contributed by atoms with Gasteiger partial charge in [0.1, 0.15) is 0 Å². The van der Waals surface area contributed by atoms with Crippen molar-refractivity contribution in [3.05, 3.63) is 41.0 Å². The van der Waals surface area contributed by atoms with Crippen LogP contribution in [0, 0.1) is 0 Å². The molecule has 1 aliphatic rings. The molecule has 0 unspecified atom stereocenters. The molecule has 1 saturated carbocycles. The van der Waals surface area contributed by atoms with Gasteiger partial charge in [-0.1, -0.05) is 30.3 Å². The van der Waals surface area contributed by atoms with Crippen LogP contribution in [-0.4, -0.2) is 34.2 Å². The number of carboxylic acids is 1. The van der Waals surface area contributed by atoms with Crippen molar-refractivity contribution in [2.75, 3.05) is 0 Å². The van der Waals surface area contributed by atoms with Crippen LogP contribution in [0.2, 0.25) is 0 Å². The van der Waals surface area contributed by atoms with E-state index in [9.17, 15) is 18.0 Å². The summed E-state index contributed by atoms with van der Waals surface area (Å²) in [5.41, 5.74) is 13.3. The van der Waals surface area contributed by atoms with Crippen molar-refractivity contribution >= 4 is 23.2 Å². The summed E-state index contributed by atoms with van der Waals surface area (Å²) in [7, 11) is 0. The number of benzene rings is 1. The van der Waals surface area contributed by atoms with Gasteiger partial charge >= 0.3 is 12.1 Å². The summed E-state index contributed by atoms with van der Waals surface area (Å²) in [5.74, 6) is -2.86. The van der Waals surface area contributed by atoms with Gasteiger partial charge in [0, 0.05) is 12.0 Å². The van der Waals surface area contributed by atoms with Gasteiger partial charge < -0.3 is 16.6 Å². The molecule has 5 N–H and O–H groups in total. The molecule has 0 atom stereocenters. The quantitative estimate of drug-likeness (QED) is 0.748. The lowest BCUT2D eigenvalue weighted by Gasteiger charge is -2.31. The van der Waals surface area contributed by atoms with Crippen LogP contribution < -0.4 is 11.5 Å². The molecule has 0 spiro atoms. The molecule has 140 valence electrons. The molecule has 6 nitrogen and oxygen atoms in total. The molecule has 3 rings (SSSR count). The molecule has 1 amide bonds. The Hall–Kier alpha value is -2.46. The Kier molecular flexibility index (Phi) is 5.98. The third-order valence-corrected chi connectivity index (χ3v) is 4.84. The van der Waals surface area contributed by atoms with E-state index >= 15 is 0 Å². The van der Waals surface area contributed by atoms with Crippen molar-refractivity contribution in [2.24, 2.45) is 11.5 Å². The molecule has 0 radical (unpaired) electrons. The second-order valence-corrected chi connectivity index (χ2v) is 6.69. The topological polar surface area (TPSA) is 119 Å². The first-order valence-corrected chi connectivity index (χ1v) is 8.33. The summed E-state index contributed by atoms with van der Waals surface area (Å²) in [6, 6.07) is 10.2. The number of aliphatic carboxylic acids is 1. The largest absolute Gasteiger partial charge is 0.490 e. The van der Waals surface area contributed by atoms with Crippen LogP contribution in [0.3, 0.4) is 0 Å². The van der Waals surface area contributed by atoms with Crippen LogP contribution in [-0.2, 0) is 4.79 Å². The number of thiazole rings is 1. The van der Waals surface area contributed by atoms with Gasteiger partial charge in [-0.15, -0.1) is 11.3 Å². The second-order valence-electron chi connectivity index (χ2n) is 5.69. The zero-order valence-electron chi connectivity index (χ0n) is 13.4. The molecule has 1 aliphatic carbocycles. The predicted octanol–water partition coefficient (Wildman–Crippen LogP) is 2.75. The van der Waals surface area contributed by atoms with Gasteiger partial charge in [-0.2, -0.15) is 13.2 Å². The monoisotopic (exact) mass is 387 g/mol. The summed E-state index contributed by atoms with van der Waals surface area (Å²) < 4.78 is 31.7. The summed E-state index contributed by atoms with van der Waals surface area (Å²) in [6.45, 7) is 0. The molecule has 1 fully saturated rings. The number of halogens is 3. The van der Waals surface area contributed by atoms with E-state index in [4.69, 9.17) is 21.4 Å². The van der Waals surface area contributed by atoms with E-state index in [2.05, 4.69) is 4.98 Å². The molecular formula is C16H16F3N3O3S. The Balaban J connectivity index is 0.000000298. The molecule has 0 aliphatic heterocycles. The van der Waals surface area contributed by atoms with Gasteiger partial charge in [0.25, 0.3) is 5.91 Å². The van der Waals surface area contributed by atoms with E-state index in [0.29, 0.717) is 10.9 Å². The van der Waals surface area contributed by atoms with Gasteiger partial charge in [0.2, 0.25) is 0 Å². The van der Waals surface area contributed by atoms with Gasteiger partial charge in [-0.25, -0.2) is 9.78 Å². The second kappa shape index (κ2) is 7.83. The molecule has 1 heterocycles. The number of carbonyl (C=O) groups excluding carboxylic acids is 1. The third-order valence-electron chi connectivity index (χ3n) is 3.70. The highest BCUT2D eigenvalue weighted by Gasteiger charge is 2.38. The summed E-state index contributed by atoms with van der Waals surface area (Å²) >= 11 is 1.37. The van der Waals surface area contributed by atoms with E-state index in [1.54, 1.807) is 0 Å². The number of hydrogen-bond donors (Lipinski definition) is 3. The molecular weight excluding hydrogens is 371 g/mol. The third kappa shape index (κ3) is 4.79. The number of rotatable bonds is 3. The number of amides is 1. The molecule has 0 bridgehead atoms. The van der Waals surface area contributed by atoms with Crippen LogP contribution in [0.1, 0.15) is 34.3 Å². The number of alkyl halides is 3. The van der Waals surface area contributed by atoms with Crippen LogP contribution in [0.15, 0.2) is 30.3 Å². The molecule has 10 heteroatoms. The Bertz CT molecular complexity index is 787. The average Bonchev–Trinajstić information content (AvgIpc) is 2.97. The van der Waals surface area contributed by atoms with Crippen LogP contribution in [0.4, 0.5) is 13.2 Å². The number of primary amides is 1. The van der Waals surface area contributed by atoms with Crippen molar-refractivity contribution in [1.29, 1.82) is 0 Å². The lowest BCUT2D eigenvalue weighted by molar-refractivity contribution is -0.192. The molecule has 2 aromatic rings. The summed E-state index contributed by atoms with van der Waals surface area (Å²) in [4.78, 5) is 25.7. The highest BCUT2D eigenvalue weighted by Crippen LogP contribution is 2.42. The highest BCUT2D eigenvalue weighted by molar-refractivity contribution is 7.17. The Morgan fingerprint density at radius 3 is 2.15 bits per heavy atom. The van der Waals surface area contributed by atoms with Crippen molar-refractivity contribution in [3.63, 3.8) is 0 Å². The lowest BCUT2D eigenvalue weighted by atomic mass is 9.78. The maximum atomic E-state index is 11.3. The molecule has 1 aromatic heterocycles. The number of nitrogens with two attached hydrogens (primary N) is 2. The fraction of sp³-hybridized carbons (Fsp3) is 0.312. The van der Waals surface area contributed by atoms with Crippen molar-refractivity contribution in [1.82, 2.24) is 4.98 Å². The number of hydrogen-bond acceptors (Lipinski definition) is 5. The zero-order valence-corrected chi connectivity index (χ0v) is 14.2. The van der Waals surface area contributed by atoms with Crippen LogP contribution >= 0.6 is 11.3 Å². The minimum absolute atomic E-state index is 0.257.